The van der Waals surface area contributed by atoms with Gasteiger partial charge in [-0.3, -0.25) is 9.20 Å². The molecule has 4 rings (SSSR count). The number of anilines is 2. The fourth-order valence-corrected chi connectivity index (χ4v) is 3.62. The topological polar surface area (TPSA) is 69.9 Å². The molecule has 1 saturated heterocycles. The van der Waals surface area contributed by atoms with Gasteiger partial charge in [0.1, 0.15) is 11.6 Å². The SMILES string of the molecule is Cc1cc(N2CCN(C(=O)c3cccc(N(C)C)c3)CC2)nc2nnc(C)n12. The summed E-state index contributed by atoms with van der Waals surface area (Å²) in [5, 5.41) is 8.25. The summed E-state index contributed by atoms with van der Waals surface area (Å²) in [6, 6.07) is 9.82. The van der Waals surface area contributed by atoms with E-state index in [4.69, 9.17) is 0 Å². The van der Waals surface area contributed by atoms with Crippen molar-refractivity contribution in [2.24, 2.45) is 0 Å². The van der Waals surface area contributed by atoms with Gasteiger partial charge in [0.2, 0.25) is 0 Å². The number of piperazine rings is 1. The van der Waals surface area contributed by atoms with Crippen LogP contribution in [0, 0.1) is 13.8 Å². The van der Waals surface area contributed by atoms with Crippen LogP contribution in [0.15, 0.2) is 30.3 Å². The quantitative estimate of drug-likeness (QED) is 0.691. The normalized spacial score (nSPS) is 14.6. The van der Waals surface area contributed by atoms with Gasteiger partial charge in [0.25, 0.3) is 11.7 Å². The summed E-state index contributed by atoms with van der Waals surface area (Å²) in [4.78, 5) is 23.7. The highest BCUT2D eigenvalue weighted by atomic mass is 16.2. The zero-order valence-electron chi connectivity index (χ0n) is 16.8. The van der Waals surface area contributed by atoms with Crippen molar-refractivity contribution in [3.05, 3.63) is 47.4 Å². The third kappa shape index (κ3) is 3.26. The number of benzene rings is 1. The van der Waals surface area contributed by atoms with Crippen LogP contribution in [0.3, 0.4) is 0 Å². The lowest BCUT2D eigenvalue weighted by molar-refractivity contribution is 0.0746. The molecule has 3 heterocycles. The summed E-state index contributed by atoms with van der Waals surface area (Å²) >= 11 is 0. The maximum absolute atomic E-state index is 12.9. The van der Waals surface area contributed by atoms with Gasteiger partial charge in [-0.05, 0) is 32.0 Å². The molecule has 2 aromatic heterocycles. The predicted molar refractivity (Wildman–Crippen MR) is 109 cm³/mol. The van der Waals surface area contributed by atoms with Gasteiger partial charge in [0.05, 0.1) is 0 Å². The summed E-state index contributed by atoms with van der Waals surface area (Å²) in [5.74, 6) is 2.42. The number of hydrogen-bond acceptors (Lipinski definition) is 6. The van der Waals surface area contributed by atoms with Gasteiger partial charge in [-0.1, -0.05) is 6.07 Å². The first-order valence-electron chi connectivity index (χ1n) is 9.45. The lowest BCUT2D eigenvalue weighted by Gasteiger charge is -2.35. The predicted octanol–water partition coefficient (Wildman–Crippen LogP) is 1.77. The van der Waals surface area contributed by atoms with E-state index >= 15 is 0 Å². The molecule has 1 amide bonds. The Bertz CT molecular complexity index is 1020. The molecule has 0 bridgehead atoms. The first-order valence-corrected chi connectivity index (χ1v) is 9.45. The van der Waals surface area contributed by atoms with E-state index in [2.05, 4.69) is 26.1 Å². The summed E-state index contributed by atoms with van der Waals surface area (Å²) in [5.41, 5.74) is 2.82. The van der Waals surface area contributed by atoms with E-state index in [0.29, 0.717) is 18.9 Å². The van der Waals surface area contributed by atoms with Gasteiger partial charge in [-0.15, -0.1) is 10.2 Å². The van der Waals surface area contributed by atoms with Crippen LogP contribution in [0.4, 0.5) is 11.5 Å². The molecule has 146 valence electrons. The molecule has 0 unspecified atom stereocenters. The van der Waals surface area contributed by atoms with Crippen molar-refractivity contribution >= 4 is 23.2 Å². The molecular weight excluding hydrogens is 354 g/mol. The molecule has 1 aromatic carbocycles. The zero-order chi connectivity index (χ0) is 19.8. The minimum absolute atomic E-state index is 0.0797. The van der Waals surface area contributed by atoms with Crippen LogP contribution in [-0.4, -0.2) is 70.7 Å². The molecule has 0 aliphatic carbocycles. The standard InChI is InChI=1S/C20H25N7O/c1-14-12-18(21-20-23-22-15(2)27(14)20)25-8-10-26(11-9-25)19(28)16-6-5-7-17(13-16)24(3)4/h5-7,12-13H,8-11H2,1-4H3. The van der Waals surface area contributed by atoms with E-state index in [1.807, 2.05) is 66.4 Å². The molecule has 0 N–H and O–H groups in total. The number of carbonyl (C=O) groups excluding carboxylic acids is 1. The fourth-order valence-electron chi connectivity index (χ4n) is 3.62. The van der Waals surface area contributed by atoms with E-state index in [9.17, 15) is 4.79 Å². The molecule has 1 fully saturated rings. The van der Waals surface area contributed by atoms with Crippen LogP contribution in [0.5, 0.6) is 0 Å². The summed E-state index contributed by atoms with van der Waals surface area (Å²) < 4.78 is 1.95. The van der Waals surface area contributed by atoms with Crippen molar-refractivity contribution < 1.29 is 4.79 Å². The highest BCUT2D eigenvalue weighted by molar-refractivity contribution is 5.95. The number of carbonyl (C=O) groups is 1. The number of rotatable bonds is 3. The first kappa shape index (κ1) is 18.2. The second-order valence-electron chi connectivity index (χ2n) is 7.36. The van der Waals surface area contributed by atoms with Crippen LogP contribution in [0.1, 0.15) is 21.9 Å². The maximum atomic E-state index is 12.9. The molecule has 3 aromatic rings. The average Bonchev–Trinajstić information content (AvgIpc) is 3.09. The number of fused-ring (bicyclic) bond motifs is 1. The Kier molecular flexibility index (Phi) is 4.62. The third-order valence-corrected chi connectivity index (χ3v) is 5.21. The number of nitrogens with zero attached hydrogens (tertiary/aromatic N) is 7. The van der Waals surface area contributed by atoms with E-state index in [0.717, 1.165) is 41.7 Å². The summed E-state index contributed by atoms with van der Waals surface area (Å²) in [6.45, 7) is 6.78. The van der Waals surface area contributed by atoms with Gasteiger partial charge in [0.15, 0.2) is 0 Å². The van der Waals surface area contributed by atoms with Gasteiger partial charge in [-0.25, -0.2) is 0 Å². The Morgan fingerprint density at radius 1 is 1.04 bits per heavy atom. The number of aromatic nitrogens is 4. The molecule has 8 heteroatoms. The van der Waals surface area contributed by atoms with Gasteiger partial charge in [-0.2, -0.15) is 4.98 Å². The van der Waals surface area contributed by atoms with Gasteiger partial charge in [0, 0.05) is 63.3 Å². The van der Waals surface area contributed by atoms with Crippen molar-refractivity contribution in [2.45, 2.75) is 13.8 Å². The van der Waals surface area contributed by atoms with Crippen molar-refractivity contribution in [3.63, 3.8) is 0 Å². The maximum Gasteiger partial charge on any atom is 0.257 e. The minimum Gasteiger partial charge on any atom is -0.378 e. The number of amides is 1. The van der Waals surface area contributed by atoms with Crippen LogP contribution < -0.4 is 9.80 Å². The van der Waals surface area contributed by atoms with E-state index in [1.165, 1.54) is 0 Å². The van der Waals surface area contributed by atoms with Crippen LogP contribution in [0.25, 0.3) is 5.78 Å². The fraction of sp³-hybridized carbons (Fsp3) is 0.400. The average molecular weight is 379 g/mol. The molecule has 1 aliphatic heterocycles. The summed E-state index contributed by atoms with van der Waals surface area (Å²) in [7, 11) is 3.95. The Hall–Kier alpha value is -3.16. The van der Waals surface area contributed by atoms with Crippen molar-refractivity contribution in [1.29, 1.82) is 0 Å². The smallest absolute Gasteiger partial charge is 0.257 e. The van der Waals surface area contributed by atoms with Crippen LogP contribution in [0.2, 0.25) is 0 Å². The Balaban J connectivity index is 1.47. The second-order valence-corrected chi connectivity index (χ2v) is 7.36. The molecule has 1 aliphatic rings. The van der Waals surface area contributed by atoms with Crippen molar-refractivity contribution in [1.82, 2.24) is 24.5 Å². The number of hydrogen-bond donors (Lipinski definition) is 0. The largest absolute Gasteiger partial charge is 0.378 e. The Labute approximate surface area is 164 Å². The molecule has 0 radical (unpaired) electrons. The molecule has 0 atom stereocenters. The van der Waals surface area contributed by atoms with Crippen LogP contribution >= 0.6 is 0 Å². The molecule has 0 spiro atoms. The minimum atomic E-state index is 0.0797. The molecular formula is C20H25N7O. The highest BCUT2D eigenvalue weighted by Gasteiger charge is 2.24. The lowest BCUT2D eigenvalue weighted by Crippen LogP contribution is -2.49. The van der Waals surface area contributed by atoms with Crippen molar-refractivity contribution in [3.8, 4) is 0 Å². The molecule has 0 saturated carbocycles. The first-order chi connectivity index (χ1) is 13.4. The molecule has 28 heavy (non-hydrogen) atoms. The Morgan fingerprint density at radius 2 is 1.79 bits per heavy atom. The molecule has 8 nitrogen and oxygen atoms in total. The van der Waals surface area contributed by atoms with Crippen molar-refractivity contribution in [2.75, 3.05) is 50.1 Å². The number of aryl methyl sites for hydroxylation is 2. The monoisotopic (exact) mass is 379 g/mol. The van der Waals surface area contributed by atoms with E-state index in [1.54, 1.807) is 0 Å². The second kappa shape index (κ2) is 7.10. The van der Waals surface area contributed by atoms with E-state index < -0.39 is 0 Å². The van der Waals surface area contributed by atoms with Crippen LogP contribution in [-0.2, 0) is 0 Å². The Morgan fingerprint density at radius 3 is 2.50 bits per heavy atom. The van der Waals surface area contributed by atoms with Gasteiger partial charge < -0.3 is 14.7 Å². The third-order valence-electron chi connectivity index (χ3n) is 5.21. The lowest BCUT2D eigenvalue weighted by atomic mass is 10.1. The van der Waals surface area contributed by atoms with Gasteiger partial charge >= 0.3 is 0 Å². The highest BCUT2D eigenvalue weighted by Crippen LogP contribution is 2.20. The van der Waals surface area contributed by atoms with E-state index in [-0.39, 0.29) is 5.91 Å². The summed E-state index contributed by atoms with van der Waals surface area (Å²) in [6.07, 6.45) is 0. The zero-order valence-corrected chi connectivity index (χ0v) is 16.8.